The first-order valence-electron chi connectivity index (χ1n) is 5.36. The van der Waals surface area contributed by atoms with Crippen LogP contribution in [0.25, 0.3) is 0 Å². The smallest absolute Gasteiger partial charge is 0.314 e. The van der Waals surface area contributed by atoms with E-state index in [1.807, 2.05) is 13.8 Å². The highest BCUT2D eigenvalue weighted by Gasteiger charge is 2.07. The lowest BCUT2D eigenvalue weighted by Crippen LogP contribution is -2.42. The van der Waals surface area contributed by atoms with Crippen molar-refractivity contribution in [3.05, 3.63) is 0 Å². The van der Waals surface area contributed by atoms with Gasteiger partial charge in [-0.15, -0.1) is 0 Å². The predicted octanol–water partition coefficient (Wildman–Crippen LogP) is 1.21. The highest BCUT2D eigenvalue weighted by molar-refractivity contribution is 5.74. The summed E-state index contributed by atoms with van der Waals surface area (Å²) in [4.78, 5) is 11.2. The Morgan fingerprint density at radius 3 is 2.57 bits per heavy atom. The number of hydrogen-bond donors (Lipinski definition) is 3. The number of carbonyl (C=O) groups is 1. The van der Waals surface area contributed by atoms with Gasteiger partial charge in [-0.05, 0) is 26.7 Å². The van der Waals surface area contributed by atoms with Crippen LogP contribution in [-0.2, 0) is 0 Å². The fourth-order valence-electron chi connectivity index (χ4n) is 1.27. The summed E-state index contributed by atoms with van der Waals surface area (Å²) < 4.78 is 0. The van der Waals surface area contributed by atoms with E-state index in [-0.39, 0.29) is 18.1 Å². The molecule has 0 aromatic rings. The predicted molar refractivity (Wildman–Crippen MR) is 59.2 cm³/mol. The zero-order chi connectivity index (χ0) is 11.0. The van der Waals surface area contributed by atoms with Crippen molar-refractivity contribution < 1.29 is 4.79 Å². The minimum absolute atomic E-state index is 0.0911. The Bertz CT molecular complexity index is 159. The van der Waals surface area contributed by atoms with E-state index in [0.29, 0.717) is 0 Å². The number of nitrogens with one attached hydrogen (secondary N) is 2. The molecule has 2 atom stereocenters. The monoisotopic (exact) mass is 201 g/mol. The molecule has 2 amide bonds. The number of amides is 2. The molecular formula is C10H23N3O. The van der Waals surface area contributed by atoms with Crippen molar-refractivity contribution in [2.45, 2.75) is 52.1 Å². The first-order valence-corrected chi connectivity index (χ1v) is 5.36. The van der Waals surface area contributed by atoms with Crippen LogP contribution < -0.4 is 16.4 Å². The summed E-state index contributed by atoms with van der Waals surface area (Å²) in [5, 5.41) is 5.64. The van der Waals surface area contributed by atoms with Gasteiger partial charge in [0.25, 0.3) is 0 Å². The van der Waals surface area contributed by atoms with Gasteiger partial charge in [-0.25, -0.2) is 4.79 Å². The fraction of sp³-hybridized carbons (Fsp3) is 0.900. The Hall–Kier alpha value is -0.770. The molecule has 0 bridgehead atoms. The van der Waals surface area contributed by atoms with Crippen molar-refractivity contribution in [1.29, 1.82) is 0 Å². The van der Waals surface area contributed by atoms with E-state index in [1.54, 1.807) is 0 Å². The van der Waals surface area contributed by atoms with Crippen LogP contribution in [0.3, 0.4) is 0 Å². The first-order chi connectivity index (χ1) is 6.56. The van der Waals surface area contributed by atoms with Crippen molar-refractivity contribution >= 4 is 6.03 Å². The van der Waals surface area contributed by atoms with Crippen LogP contribution in [-0.4, -0.2) is 24.7 Å². The summed E-state index contributed by atoms with van der Waals surface area (Å²) in [6.07, 6.45) is 2.92. The molecule has 0 heterocycles. The van der Waals surface area contributed by atoms with Gasteiger partial charge in [0.05, 0.1) is 0 Å². The van der Waals surface area contributed by atoms with Gasteiger partial charge in [-0.2, -0.15) is 0 Å². The highest BCUT2D eigenvalue weighted by Crippen LogP contribution is 1.93. The lowest BCUT2D eigenvalue weighted by Gasteiger charge is -2.16. The number of unbranched alkanes of at least 4 members (excludes halogenated alkanes) is 1. The van der Waals surface area contributed by atoms with E-state index in [2.05, 4.69) is 17.6 Å². The number of hydrogen-bond acceptors (Lipinski definition) is 2. The molecule has 0 aliphatic rings. The zero-order valence-electron chi connectivity index (χ0n) is 9.47. The van der Waals surface area contributed by atoms with E-state index in [0.717, 1.165) is 25.8 Å². The Labute approximate surface area is 86.6 Å². The third-order valence-corrected chi connectivity index (χ3v) is 1.92. The van der Waals surface area contributed by atoms with Crippen LogP contribution >= 0.6 is 0 Å². The van der Waals surface area contributed by atoms with Crippen LogP contribution in [0.4, 0.5) is 4.79 Å². The van der Waals surface area contributed by atoms with E-state index < -0.39 is 0 Å². The third kappa shape index (κ3) is 7.86. The van der Waals surface area contributed by atoms with Crippen molar-refractivity contribution in [2.24, 2.45) is 5.73 Å². The largest absolute Gasteiger partial charge is 0.338 e. The summed E-state index contributed by atoms with van der Waals surface area (Å²) in [5.74, 6) is 0. The second-order valence-electron chi connectivity index (χ2n) is 3.87. The molecule has 0 saturated heterocycles. The van der Waals surface area contributed by atoms with E-state index in [9.17, 15) is 4.79 Å². The quantitative estimate of drug-likeness (QED) is 0.565. The Morgan fingerprint density at radius 2 is 2.07 bits per heavy atom. The van der Waals surface area contributed by atoms with E-state index in [4.69, 9.17) is 5.73 Å². The Kier molecular flexibility index (Phi) is 7.20. The van der Waals surface area contributed by atoms with Gasteiger partial charge >= 0.3 is 6.03 Å². The minimum atomic E-state index is -0.0911. The molecule has 0 saturated carbocycles. The van der Waals surface area contributed by atoms with Crippen LogP contribution in [0, 0.1) is 0 Å². The van der Waals surface area contributed by atoms with Gasteiger partial charge in [0.15, 0.2) is 0 Å². The van der Waals surface area contributed by atoms with Gasteiger partial charge in [0.2, 0.25) is 0 Å². The van der Waals surface area contributed by atoms with Crippen LogP contribution in [0.2, 0.25) is 0 Å². The molecule has 0 fully saturated rings. The summed E-state index contributed by atoms with van der Waals surface area (Å²) in [5.41, 5.74) is 5.62. The molecule has 4 heteroatoms. The lowest BCUT2D eigenvalue weighted by atomic mass is 10.1. The van der Waals surface area contributed by atoms with Crippen LogP contribution in [0.1, 0.15) is 40.0 Å². The number of rotatable bonds is 6. The van der Waals surface area contributed by atoms with Gasteiger partial charge in [-0.1, -0.05) is 13.3 Å². The minimum Gasteiger partial charge on any atom is -0.338 e. The molecule has 0 radical (unpaired) electrons. The molecule has 2 unspecified atom stereocenters. The molecule has 14 heavy (non-hydrogen) atoms. The molecule has 84 valence electrons. The summed E-state index contributed by atoms with van der Waals surface area (Å²) in [6.45, 7) is 6.74. The van der Waals surface area contributed by atoms with E-state index >= 15 is 0 Å². The second-order valence-corrected chi connectivity index (χ2v) is 3.87. The van der Waals surface area contributed by atoms with Crippen molar-refractivity contribution in [2.75, 3.05) is 6.54 Å². The van der Waals surface area contributed by atoms with Gasteiger partial charge in [-0.3, -0.25) is 0 Å². The maximum atomic E-state index is 11.2. The highest BCUT2D eigenvalue weighted by atomic mass is 16.2. The van der Waals surface area contributed by atoms with Gasteiger partial charge in [0, 0.05) is 18.6 Å². The van der Waals surface area contributed by atoms with E-state index in [1.165, 1.54) is 0 Å². The summed E-state index contributed by atoms with van der Waals surface area (Å²) in [6, 6.07) is 0.171. The topological polar surface area (TPSA) is 67.2 Å². The number of nitrogens with two attached hydrogens (primary N) is 1. The molecule has 4 nitrogen and oxygen atoms in total. The molecule has 0 aliphatic heterocycles. The maximum Gasteiger partial charge on any atom is 0.314 e. The van der Waals surface area contributed by atoms with Crippen molar-refractivity contribution in [3.8, 4) is 0 Å². The molecule has 0 aromatic heterocycles. The van der Waals surface area contributed by atoms with Crippen molar-refractivity contribution in [1.82, 2.24) is 10.6 Å². The zero-order valence-corrected chi connectivity index (χ0v) is 9.47. The average Bonchev–Trinajstić information content (AvgIpc) is 2.02. The number of urea groups is 1. The van der Waals surface area contributed by atoms with Gasteiger partial charge in [0.1, 0.15) is 0 Å². The third-order valence-electron chi connectivity index (χ3n) is 1.92. The Balaban J connectivity index is 3.50. The standard InChI is InChI=1S/C10H23N3O/c1-4-5-6-12-10(14)13-9(3)7-8(2)11/h8-9H,4-7,11H2,1-3H3,(H2,12,13,14). The summed E-state index contributed by atoms with van der Waals surface area (Å²) >= 11 is 0. The number of carbonyl (C=O) groups excluding carboxylic acids is 1. The fourth-order valence-corrected chi connectivity index (χ4v) is 1.27. The molecule has 0 spiro atoms. The average molecular weight is 201 g/mol. The maximum absolute atomic E-state index is 11.2. The Morgan fingerprint density at radius 1 is 1.43 bits per heavy atom. The first kappa shape index (κ1) is 13.2. The van der Waals surface area contributed by atoms with Gasteiger partial charge < -0.3 is 16.4 Å². The molecule has 0 rings (SSSR count). The molecule has 4 N–H and O–H groups in total. The SMILES string of the molecule is CCCCNC(=O)NC(C)CC(C)N. The van der Waals surface area contributed by atoms with Crippen molar-refractivity contribution in [3.63, 3.8) is 0 Å². The van der Waals surface area contributed by atoms with Crippen LogP contribution in [0.5, 0.6) is 0 Å². The van der Waals surface area contributed by atoms with Crippen LogP contribution in [0.15, 0.2) is 0 Å². The normalized spacial score (nSPS) is 14.6. The molecule has 0 aliphatic carbocycles. The lowest BCUT2D eigenvalue weighted by molar-refractivity contribution is 0.236. The second kappa shape index (κ2) is 7.62. The molecular weight excluding hydrogens is 178 g/mol. The summed E-state index contributed by atoms with van der Waals surface area (Å²) in [7, 11) is 0. The molecule has 0 aromatic carbocycles.